The standard InChI is InChI=1S/C11H21N3OS/c1-4-14-9-11(8-13-14)7-12-6-5-10(2)16(3)15/h8-10,12H,4-7H2,1-3H3. The Morgan fingerprint density at radius 2 is 2.38 bits per heavy atom. The Labute approximate surface area is 99.9 Å². The molecule has 1 heterocycles. The SMILES string of the molecule is CCn1cc(CNCCC(C)S(C)=O)cn1. The molecule has 0 amide bonds. The molecule has 0 aromatic carbocycles. The van der Waals surface area contributed by atoms with Crippen LogP contribution in [0.5, 0.6) is 0 Å². The first-order valence-electron chi connectivity index (χ1n) is 5.67. The lowest BCUT2D eigenvalue weighted by Gasteiger charge is -2.08. The van der Waals surface area contributed by atoms with Crippen LogP contribution in [0.2, 0.25) is 0 Å². The molecule has 0 aliphatic rings. The van der Waals surface area contributed by atoms with E-state index in [2.05, 4.69) is 23.5 Å². The molecular formula is C11H21N3OS. The fraction of sp³-hybridized carbons (Fsp3) is 0.727. The lowest BCUT2D eigenvalue weighted by Crippen LogP contribution is -2.20. The summed E-state index contributed by atoms with van der Waals surface area (Å²) in [5, 5.41) is 7.81. The number of hydrogen-bond donors (Lipinski definition) is 1. The van der Waals surface area contributed by atoms with Crippen LogP contribution in [-0.4, -0.2) is 32.0 Å². The smallest absolute Gasteiger partial charge is 0.0534 e. The van der Waals surface area contributed by atoms with E-state index in [9.17, 15) is 4.21 Å². The zero-order chi connectivity index (χ0) is 12.0. The Balaban J connectivity index is 2.18. The van der Waals surface area contributed by atoms with E-state index in [1.54, 1.807) is 6.26 Å². The summed E-state index contributed by atoms with van der Waals surface area (Å²) in [7, 11) is -0.712. The van der Waals surface area contributed by atoms with E-state index in [-0.39, 0.29) is 5.25 Å². The van der Waals surface area contributed by atoms with E-state index in [4.69, 9.17) is 0 Å². The van der Waals surface area contributed by atoms with Gasteiger partial charge in [-0.2, -0.15) is 5.10 Å². The summed E-state index contributed by atoms with van der Waals surface area (Å²) in [6.07, 6.45) is 6.65. The van der Waals surface area contributed by atoms with Crippen LogP contribution in [0.3, 0.4) is 0 Å². The summed E-state index contributed by atoms with van der Waals surface area (Å²) >= 11 is 0. The molecule has 2 atom stereocenters. The average molecular weight is 243 g/mol. The second-order valence-corrected chi connectivity index (χ2v) is 5.78. The Bertz CT molecular complexity index is 338. The number of hydrogen-bond acceptors (Lipinski definition) is 3. The van der Waals surface area contributed by atoms with Crippen molar-refractivity contribution in [1.82, 2.24) is 15.1 Å². The molecule has 1 N–H and O–H groups in total. The largest absolute Gasteiger partial charge is 0.313 e. The van der Waals surface area contributed by atoms with Crippen molar-refractivity contribution in [2.75, 3.05) is 12.8 Å². The highest BCUT2D eigenvalue weighted by atomic mass is 32.2. The topological polar surface area (TPSA) is 46.9 Å². The maximum absolute atomic E-state index is 11.1. The van der Waals surface area contributed by atoms with Crippen LogP contribution in [-0.2, 0) is 23.9 Å². The zero-order valence-electron chi connectivity index (χ0n) is 10.3. The highest BCUT2D eigenvalue weighted by molar-refractivity contribution is 7.84. The van der Waals surface area contributed by atoms with Crippen molar-refractivity contribution < 1.29 is 4.21 Å². The average Bonchev–Trinajstić information content (AvgIpc) is 2.71. The summed E-state index contributed by atoms with van der Waals surface area (Å²) in [6, 6.07) is 0. The minimum Gasteiger partial charge on any atom is -0.313 e. The third-order valence-corrected chi connectivity index (χ3v) is 4.00. The van der Waals surface area contributed by atoms with Gasteiger partial charge < -0.3 is 5.32 Å². The van der Waals surface area contributed by atoms with Crippen molar-refractivity contribution in [3.63, 3.8) is 0 Å². The summed E-state index contributed by atoms with van der Waals surface area (Å²) < 4.78 is 13.0. The van der Waals surface area contributed by atoms with E-state index in [1.807, 2.05) is 17.8 Å². The summed E-state index contributed by atoms with van der Waals surface area (Å²) in [5.74, 6) is 0. The Hall–Kier alpha value is -0.680. The van der Waals surface area contributed by atoms with Gasteiger partial charge in [0.15, 0.2) is 0 Å². The molecule has 0 bridgehead atoms. The van der Waals surface area contributed by atoms with Gasteiger partial charge in [-0.1, -0.05) is 6.92 Å². The van der Waals surface area contributed by atoms with Gasteiger partial charge in [-0.3, -0.25) is 8.89 Å². The molecule has 1 aromatic rings. The second kappa shape index (κ2) is 6.81. The number of aromatic nitrogens is 2. The fourth-order valence-electron chi connectivity index (χ4n) is 1.37. The molecule has 1 rings (SSSR count). The molecule has 0 radical (unpaired) electrons. The van der Waals surface area contributed by atoms with Crippen molar-refractivity contribution in [2.24, 2.45) is 0 Å². The zero-order valence-corrected chi connectivity index (χ0v) is 11.1. The van der Waals surface area contributed by atoms with Crippen molar-refractivity contribution in [1.29, 1.82) is 0 Å². The predicted molar refractivity (Wildman–Crippen MR) is 67.8 cm³/mol. The summed E-state index contributed by atoms with van der Waals surface area (Å²) in [5.41, 5.74) is 1.20. The first-order valence-corrected chi connectivity index (χ1v) is 7.30. The van der Waals surface area contributed by atoms with Crippen LogP contribution >= 0.6 is 0 Å². The molecule has 92 valence electrons. The molecule has 0 fully saturated rings. The second-order valence-electron chi connectivity index (χ2n) is 3.98. The van der Waals surface area contributed by atoms with Crippen LogP contribution in [0.15, 0.2) is 12.4 Å². The monoisotopic (exact) mass is 243 g/mol. The van der Waals surface area contributed by atoms with Crippen molar-refractivity contribution in [2.45, 2.75) is 38.6 Å². The van der Waals surface area contributed by atoms with Crippen molar-refractivity contribution in [3.8, 4) is 0 Å². The minimum atomic E-state index is -0.712. The van der Waals surface area contributed by atoms with Crippen LogP contribution in [0.1, 0.15) is 25.8 Å². The molecular weight excluding hydrogens is 222 g/mol. The van der Waals surface area contributed by atoms with Gasteiger partial charge in [0.2, 0.25) is 0 Å². The normalized spacial score (nSPS) is 14.9. The number of rotatable bonds is 7. The third-order valence-electron chi connectivity index (χ3n) is 2.63. The van der Waals surface area contributed by atoms with Gasteiger partial charge in [-0.05, 0) is 19.9 Å². The van der Waals surface area contributed by atoms with Crippen LogP contribution in [0, 0.1) is 0 Å². The first kappa shape index (κ1) is 13.4. The lowest BCUT2D eigenvalue weighted by atomic mass is 10.3. The van der Waals surface area contributed by atoms with E-state index in [1.165, 1.54) is 5.56 Å². The summed E-state index contributed by atoms with van der Waals surface area (Å²) in [6.45, 7) is 6.74. The molecule has 0 saturated heterocycles. The van der Waals surface area contributed by atoms with Crippen LogP contribution in [0.25, 0.3) is 0 Å². The van der Waals surface area contributed by atoms with E-state index < -0.39 is 10.8 Å². The molecule has 0 saturated carbocycles. The molecule has 2 unspecified atom stereocenters. The Kier molecular flexibility index (Phi) is 5.69. The molecule has 0 spiro atoms. The van der Waals surface area contributed by atoms with E-state index in [0.717, 1.165) is 26.1 Å². The fourth-order valence-corrected chi connectivity index (χ4v) is 1.82. The molecule has 4 nitrogen and oxygen atoms in total. The quantitative estimate of drug-likeness (QED) is 0.731. The lowest BCUT2D eigenvalue weighted by molar-refractivity contribution is 0.627. The molecule has 0 aliphatic carbocycles. The number of nitrogens with one attached hydrogen (secondary N) is 1. The van der Waals surface area contributed by atoms with Crippen molar-refractivity contribution >= 4 is 10.8 Å². The Morgan fingerprint density at radius 3 is 2.94 bits per heavy atom. The highest BCUT2D eigenvalue weighted by Crippen LogP contribution is 1.99. The third kappa shape index (κ3) is 4.45. The van der Waals surface area contributed by atoms with Gasteiger partial charge in [0, 0.05) is 47.2 Å². The van der Waals surface area contributed by atoms with Gasteiger partial charge in [0.25, 0.3) is 0 Å². The van der Waals surface area contributed by atoms with Crippen LogP contribution < -0.4 is 5.32 Å². The predicted octanol–water partition coefficient (Wildman–Crippen LogP) is 1.15. The van der Waals surface area contributed by atoms with E-state index >= 15 is 0 Å². The molecule has 1 aromatic heterocycles. The highest BCUT2D eigenvalue weighted by Gasteiger charge is 2.05. The van der Waals surface area contributed by atoms with Gasteiger partial charge in [0.1, 0.15) is 0 Å². The maximum atomic E-state index is 11.1. The molecule has 5 heteroatoms. The molecule has 0 aliphatic heterocycles. The first-order chi connectivity index (χ1) is 7.63. The van der Waals surface area contributed by atoms with Gasteiger partial charge in [-0.25, -0.2) is 0 Å². The minimum absolute atomic E-state index is 0.269. The van der Waals surface area contributed by atoms with Gasteiger partial charge in [-0.15, -0.1) is 0 Å². The number of nitrogens with zero attached hydrogens (tertiary/aromatic N) is 2. The van der Waals surface area contributed by atoms with E-state index in [0.29, 0.717) is 0 Å². The number of aryl methyl sites for hydroxylation is 1. The Morgan fingerprint density at radius 1 is 1.62 bits per heavy atom. The van der Waals surface area contributed by atoms with Crippen molar-refractivity contribution in [3.05, 3.63) is 18.0 Å². The van der Waals surface area contributed by atoms with Gasteiger partial charge in [0.05, 0.1) is 6.20 Å². The summed E-state index contributed by atoms with van der Waals surface area (Å²) in [4.78, 5) is 0. The maximum Gasteiger partial charge on any atom is 0.0534 e. The molecule has 16 heavy (non-hydrogen) atoms. The van der Waals surface area contributed by atoms with Crippen LogP contribution in [0.4, 0.5) is 0 Å². The van der Waals surface area contributed by atoms with Gasteiger partial charge >= 0.3 is 0 Å².